The number of amides is 2. The molecule has 2 unspecified atom stereocenters. The zero-order valence-corrected chi connectivity index (χ0v) is 16.8. The van der Waals surface area contributed by atoms with Crippen molar-refractivity contribution in [1.29, 1.82) is 0 Å². The van der Waals surface area contributed by atoms with E-state index in [0.717, 1.165) is 4.88 Å². The number of nitrogens with zero attached hydrogens (tertiary/aromatic N) is 1. The summed E-state index contributed by atoms with van der Waals surface area (Å²) in [6.45, 7) is 8.89. The van der Waals surface area contributed by atoms with Gasteiger partial charge >= 0.3 is 0 Å². The Labute approximate surface area is 158 Å². The normalized spacial score (nSPS) is 24.0. The Bertz CT molecular complexity index is 776. The number of hydrogen-bond donors (Lipinski definition) is 2. The van der Waals surface area contributed by atoms with Crippen molar-refractivity contribution < 1.29 is 18.0 Å². The molecule has 2 heterocycles. The van der Waals surface area contributed by atoms with Crippen LogP contribution in [0.1, 0.15) is 38.5 Å². The Hall–Kier alpha value is -1.71. The second-order valence-corrected chi connectivity index (χ2v) is 9.78. The van der Waals surface area contributed by atoms with Gasteiger partial charge in [0, 0.05) is 29.9 Å². The highest BCUT2D eigenvalue weighted by Crippen LogP contribution is 2.32. The number of nitrogens with one attached hydrogen (secondary N) is 2. The molecule has 2 N–H and O–H groups in total. The van der Waals surface area contributed by atoms with E-state index in [4.69, 9.17) is 0 Å². The summed E-state index contributed by atoms with van der Waals surface area (Å²) >= 11 is 1.17. The lowest BCUT2D eigenvalue weighted by Gasteiger charge is -2.41. The summed E-state index contributed by atoms with van der Waals surface area (Å²) in [5.41, 5.74) is 0. The Morgan fingerprint density at radius 2 is 1.92 bits per heavy atom. The van der Waals surface area contributed by atoms with E-state index >= 15 is 0 Å². The van der Waals surface area contributed by atoms with E-state index in [1.54, 1.807) is 12.1 Å². The molecule has 7 nitrogen and oxygen atoms in total. The Balaban J connectivity index is 2.14. The van der Waals surface area contributed by atoms with Crippen LogP contribution >= 0.6 is 11.3 Å². The SMILES string of the molecule is C=CC(=O)NC1CC(C)N(S(=O)(=O)c2ccc(CNC(C)=O)s2)C(C)C1. The first-order valence-electron chi connectivity index (χ1n) is 8.44. The third-order valence-electron chi connectivity index (χ3n) is 4.33. The Kier molecular flexibility index (Phi) is 6.59. The van der Waals surface area contributed by atoms with Gasteiger partial charge in [-0.3, -0.25) is 9.59 Å². The van der Waals surface area contributed by atoms with E-state index in [2.05, 4.69) is 17.2 Å². The van der Waals surface area contributed by atoms with E-state index in [1.807, 2.05) is 13.8 Å². The zero-order chi connectivity index (χ0) is 19.5. The van der Waals surface area contributed by atoms with Crippen LogP contribution in [0.5, 0.6) is 0 Å². The molecule has 0 radical (unpaired) electrons. The molecule has 9 heteroatoms. The van der Waals surface area contributed by atoms with Gasteiger partial charge in [-0.15, -0.1) is 11.3 Å². The Morgan fingerprint density at radius 1 is 1.31 bits per heavy atom. The van der Waals surface area contributed by atoms with Crippen molar-refractivity contribution in [1.82, 2.24) is 14.9 Å². The summed E-state index contributed by atoms with van der Waals surface area (Å²) in [4.78, 5) is 23.3. The molecule has 0 aliphatic carbocycles. The number of hydrogen-bond acceptors (Lipinski definition) is 5. The molecular formula is C17H25N3O4S2. The van der Waals surface area contributed by atoms with Gasteiger partial charge in [-0.1, -0.05) is 6.58 Å². The van der Waals surface area contributed by atoms with Crippen LogP contribution in [-0.4, -0.2) is 42.7 Å². The van der Waals surface area contributed by atoms with Crippen molar-refractivity contribution in [3.8, 4) is 0 Å². The van der Waals surface area contributed by atoms with Crippen LogP contribution in [0, 0.1) is 0 Å². The lowest BCUT2D eigenvalue weighted by Crippen LogP contribution is -2.54. The summed E-state index contributed by atoms with van der Waals surface area (Å²) in [7, 11) is -3.63. The molecule has 26 heavy (non-hydrogen) atoms. The monoisotopic (exact) mass is 399 g/mol. The third kappa shape index (κ3) is 4.72. The maximum absolute atomic E-state index is 13.1. The topological polar surface area (TPSA) is 95.6 Å². The molecule has 1 aliphatic heterocycles. The van der Waals surface area contributed by atoms with Crippen LogP contribution in [0.3, 0.4) is 0 Å². The van der Waals surface area contributed by atoms with Gasteiger partial charge in [0.1, 0.15) is 4.21 Å². The molecule has 1 fully saturated rings. The highest BCUT2D eigenvalue weighted by molar-refractivity contribution is 7.91. The lowest BCUT2D eigenvalue weighted by atomic mass is 9.95. The predicted octanol–water partition coefficient (Wildman–Crippen LogP) is 1.62. The minimum absolute atomic E-state index is 0.0735. The maximum atomic E-state index is 13.1. The average molecular weight is 400 g/mol. The van der Waals surface area contributed by atoms with Crippen molar-refractivity contribution in [3.05, 3.63) is 29.7 Å². The first kappa shape index (κ1) is 20.6. The highest BCUT2D eigenvalue weighted by Gasteiger charge is 2.40. The fourth-order valence-electron chi connectivity index (χ4n) is 3.32. The summed E-state index contributed by atoms with van der Waals surface area (Å²) in [5, 5.41) is 5.52. The van der Waals surface area contributed by atoms with Crippen molar-refractivity contribution >= 4 is 33.2 Å². The van der Waals surface area contributed by atoms with Gasteiger partial charge < -0.3 is 10.6 Å². The van der Waals surface area contributed by atoms with Crippen LogP contribution in [0.2, 0.25) is 0 Å². The maximum Gasteiger partial charge on any atom is 0.253 e. The molecule has 2 atom stereocenters. The number of rotatable bonds is 6. The molecule has 144 valence electrons. The van der Waals surface area contributed by atoms with E-state index in [9.17, 15) is 18.0 Å². The standard InChI is InChI=1S/C17H25N3O4S2/c1-5-16(22)19-14-8-11(2)20(12(3)9-14)26(23,24)17-7-6-15(25-17)10-18-13(4)21/h5-7,11-12,14H,1,8-10H2,2-4H3,(H,18,21)(H,19,22). The molecule has 2 amide bonds. The molecule has 0 aromatic carbocycles. The summed E-state index contributed by atoms with van der Waals surface area (Å²) < 4.78 is 28.0. The molecule has 0 spiro atoms. The molecule has 0 bridgehead atoms. The smallest absolute Gasteiger partial charge is 0.253 e. The predicted molar refractivity (Wildman–Crippen MR) is 101 cm³/mol. The lowest BCUT2D eigenvalue weighted by molar-refractivity contribution is -0.119. The van der Waals surface area contributed by atoms with Gasteiger partial charge in [-0.05, 0) is 44.9 Å². The van der Waals surface area contributed by atoms with Gasteiger partial charge in [0.2, 0.25) is 11.8 Å². The molecule has 2 rings (SSSR count). The largest absolute Gasteiger partial charge is 0.351 e. The minimum atomic E-state index is -3.63. The first-order valence-corrected chi connectivity index (χ1v) is 10.7. The van der Waals surface area contributed by atoms with Crippen molar-refractivity contribution in [2.45, 2.75) is 62.5 Å². The average Bonchev–Trinajstić information content (AvgIpc) is 3.01. The minimum Gasteiger partial charge on any atom is -0.351 e. The third-order valence-corrected chi connectivity index (χ3v) is 8.01. The van der Waals surface area contributed by atoms with Crippen LogP contribution in [0.4, 0.5) is 0 Å². The first-order chi connectivity index (χ1) is 12.1. The van der Waals surface area contributed by atoms with E-state index < -0.39 is 10.0 Å². The van der Waals surface area contributed by atoms with E-state index in [0.29, 0.717) is 19.4 Å². The van der Waals surface area contributed by atoms with Gasteiger partial charge in [0.05, 0.1) is 6.54 Å². The van der Waals surface area contributed by atoms with Crippen LogP contribution in [-0.2, 0) is 26.2 Å². The van der Waals surface area contributed by atoms with Gasteiger partial charge in [-0.25, -0.2) is 8.42 Å². The number of carbonyl (C=O) groups excluding carboxylic acids is 2. The molecule has 1 saturated heterocycles. The Morgan fingerprint density at radius 3 is 2.46 bits per heavy atom. The van der Waals surface area contributed by atoms with Crippen molar-refractivity contribution in [2.75, 3.05) is 0 Å². The van der Waals surface area contributed by atoms with Crippen LogP contribution in [0.15, 0.2) is 29.0 Å². The van der Waals surface area contributed by atoms with E-state index in [-0.39, 0.29) is 34.1 Å². The fraction of sp³-hybridized carbons (Fsp3) is 0.529. The van der Waals surface area contributed by atoms with Crippen molar-refractivity contribution in [3.63, 3.8) is 0 Å². The highest BCUT2D eigenvalue weighted by atomic mass is 32.2. The molecule has 0 saturated carbocycles. The van der Waals surface area contributed by atoms with Crippen molar-refractivity contribution in [2.24, 2.45) is 0 Å². The molecule has 1 aromatic heterocycles. The molecule has 1 aromatic rings. The summed E-state index contributed by atoms with van der Waals surface area (Å²) in [5.74, 6) is -0.403. The quantitative estimate of drug-likeness (QED) is 0.711. The zero-order valence-electron chi connectivity index (χ0n) is 15.2. The second kappa shape index (κ2) is 8.32. The molecular weight excluding hydrogens is 374 g/mol. The van der Waals surface area contributed by atoms with Crippen LogP contribution < -0.4 is 10.6 Å². The summed E-state index contributed by atoms with van der Waals surface area (Å²) in [6, 6.07) is 2.76. The number of piperidine rings is 1. The molecule has 1 aliphatic rings. The van der Waals surface area contributed by atoms with E-state index in [1.165, 1.54) is 28.6 Å². The van der Waals surface area contributed by atoms with Gasteiger partial charge in [-0.2, -0.15) is 4.31 Å². The van der Waals surface area contributed by atoms with Gasteiger partial charge in [0.25, 0.3) is 10.0 Å². The fourth-order valence-corrected chi connectivity index (χ4v) is 6.56. The number of carbonyl (C=O) groups is 2. The number of thiophene rings is 1. The van der Waals surface area contributed by atoms with Crippen LogP contribution in [0.25, 0.3) is 0 Å². The van der Waals surface area contributed by atoms with Gasteiger partial charge in [0.15, 0.2) is 0 Å². The second-order valence-electron chi connectivity index (χ2n) is 6.54. The summed E-state index contributed by atoms with van der Waals surface area (Å²) in [6.07, 6.45) is 2.32. The number of sulfonamides is 1.